The number of nitrogen functional groups attached to an aromatic ring is 1. The summed E-state index contributed by atoms with van der Waals surface area (Å²) in [6.07, 6.45) is 3.50. The van der Waals surface area contributed by atoms with E-state index in [1.54, 1.807) is 30.6 Å². The van der Waals surface area contributed by atoms with Crippen molar-refractivity contribution in [1.29, 1.82) is 0 Å². The largest absolute Gasteiger partial charge is 0.397 e. The molecule has 6 heteroatoms. The van der Waals surface area contributed by atoms with E-state index in [0.717, 1.165) is 43.0 Å². The molecule has 0 spiro atoms. The third kappa shape index (κ3) is 6.14. The molecule has 0 aliphatic carbocycles. The third-order valence-corrected chi connectivity index (χ3v) is 4.46. The summed E-state index contributed by atoms with van der Waals surface area (Å²) >= 11 is 0. The van der Waals surface area contributed by atoms with E-state index in [1.165, 1.54) is 0 Å². The monoisotopic (exact) mass is 390 g/mol. The normalized spacial score (nSPS) is 13.1. The molecule has 1 amide bonds. The van der Waals surface area contributed by atoms with Crippen molar-refractivity contribution in [2.75, 3.05) is 37.4 Å². The van der Waals surface area contributed by atoms with E-state index in [2.05, 4.69) is 15.6 Å². The van der Waals surface area contributed by atoms with Gasteiger partial charge in [0.05, 0.1) is 24.6 Å². The van der Waals surface area contributed by atoms with Gasteiger partial charge in [0.15, 0.2) is 0 Å². The van der Waals surface area contributed by atoms with E-state index < -0.39 is 0 Å². The predicted octanol–water partition coefficient (Wildman–Crippen LogP) is 3.50. The van der Waals surface area contributed by atoms with Gasteiger partial charge in [0.1, 0.15) is 0 Å². The van der Waals surface area contributed by atoms with Crippen LogP contribution in [0.2, 0.25) is 0 Å². The number of aromatic nitrogens is 1. The summed E-state index contributed by atoms with van der Waals surface area (Å²) in [5.41, 5.74) is 10.7. The second-order valence-corrected chi connectivity index (χ2v) is 6.73. The second-order valence-electron chi connectivity index (χ2n) is 6.73. The van der Waals surface area contributed by atoms with Crippen LogP contribution in [-0.2, 0) is 4.74 Å². The van der Waals surface area contributed by atoms with Crippen LogP contribution in [0.1, 0.15) is 15.9 Å². The van der Waals surface area contributed by atoms with E-state index in [9.17, 15) is 4.79 Å². The molecule has 4 rings (SSSR count). The van der Waals surface area contributed by atoms with E-state index in [4.69, 9.17) is 10.5 Å². The molecule has 3 aromatic rings. The molecule has 1 aliphatic heterocycles. The molecule has 150 valence electrons. The van der Waals surface area contributed by atoms with Crippen LogP contribution in [0.3, 0.4) is 0 Å². The highest BCUT2D eigenvalue weighted by Crippen LogP contribution is 2.27. The molecular weight excluding hydrogens is 364 g/mol. The minimum absolute atomic E-state index is 0.181. The Morgan fingerprint density at radius 3 is 2.41 bits per heavy atom. The van der Waals surface area contributed by atoms with Crippen LogP contribution in [0.4, 0.5) is 11.4 Å². The molecule has 0 bridgehead atoms. The van der Waals surface area contributed by atoms with Gasteiger partial charge in [0.25, 0.3) is 5.91 Å². The van der Waals surface area contributed by atoms with Crippen LogP contribution < -0.4 is 16.4 Å². The summed E-state index contributed by atoms with van der Waals surface area (Å²) in [4.78, 5) is 16.5. The molecule has 0 atom stereocenters. The first-order chi connectivity index (χ1) is 14.1. The van der Waals surface area contributed by atoms with Gasteiger partial charge in [-0.1, -0.05) is 29.8 Å². The number of carbonyl (C=O) groups is 1. The zero-order chi connectivity index (χ0) is 20.5. The second kappa shape index (κ2) is 10.4. The molecule has 6 nitrogen and oxygen atoms in total. The number of amides is 1. The lowest BCUT2D eigenvalue weighted by Crippen LogP contribution is -2.30. The Kier molecular flexibility index (Phi) is 7.33. The van der Waals surface area contributed by atoms with Crippen LogP contribution in [0.15, 0.2) is 67.0 Å². The van der Waals surface area contributed by atoms with E-state index >= 15 is 0 Å². The van der Waals surface area contributed by atoms with Crippen molar-refractivity contribution in [3.05, 3.63) is 78.1 Å². The fourth-order valence-corrected chi connectivity index (χ4v) is 2.79. The van der Waals surface area contributed by atoms with Crippen molar-refractivity contribution in [3.63, 3.8) is 0 Å². The van der Waals surface area contributed by atoms with Gasteiger partial charge < -0.3 is 21.1 Å². The fraction of sp³-hybridized carbons (Fsp3) is 0.217. The number of carbonyl (C=O) groups excluding carboxylic acids is 1. The highest BCUT2D eigenvalue weighted by molar-refractivity contribution is 6.06. The number of hydrogen-bond donors (Lipinski definition) is 3. The zero-order valence-corrected chi connectivity index (χ0v) is 16.5. The van der Waals surface area contributed by atoms with Crippen LogP contribution >= 0.6 is 0 Å². The maximum Gasteiger partial charge on any atom is 0.255 e. The molecule has 1 saturated heterocycles. The lowest BCUT2D eigenvalue weighted by molar-refractivity contribution is 0.102. The Bertz CT molecular complexity index is 912. The molecule has 1 aromatic heterocycles. The van der Waals surface area contributed by atoms with Gasteiger partial charge >= 0.3 is 0 Å². The summed E-state index contributed by atoms with van der Waals surface area (Å²) < 4.78 is 5.01. The van der Waals surface area contributed by atoms with Gasteiger partial charge in [0, 0.05) is 36.6 Å². The molecule has 0 unspecified atom stereocenters. The molecule has 1 aliphatic rings. The number of nitrogens with zero attached hydrogens (tertiary/aromatic N) is 1. The molecule has 29 heavy (non-hydrogen) atoms. The molecule has 2 heterocycles. The van der Waals surface area contributed by atoms with E-state index in [1.807, 2.05) is 43.3 Å². The molecule has 1 fully saturated rings. The predicted molar refractivity (Wildman–Crippen MR) is 117 cm³/mol. The topological polar surface area (TPSA) is 89.3 Å². The van der Waals surface area contributed by atoms with Crippen molar-refractivity contribution in [2.24, 2.45) is 0 Å². The highest BCUT2D eigenvalue weighted by Gasteiger charge is 2.09. The Hall–Kier alpha value is -3.22. The Morgan fingerprint density at radius 1 is 1.07 bits per heavy atom. The Morgan fingerprint density at radius 2 is 1.83 bits per heavy atom. The number of hydrogen-bond acceptors (Lipinski definition) is 5. The lowest BCUT2D eigenvalue weighted by atomic mass is 10.1. The van der Waals surface area contributed by atoms with Gasteiger partial charge in [-0.05, 0) is 42.8 Å². The van der Waals surface area contributed by atoms with Gasteiger partial charge in [-0.25, -0.2) is 0 Å². The number of benzene rings is 2. The van der Waals surface area contributed by atoms with Crippen molar-refractivity contribution in [1.82, 2.24) is 10.3 Å². The molecule has 4 N–H and O–H groups in total. The van der Waals surface area contributed by atoms with Gasteiger partial charge in [-0.15, -0.1) is 0 Å². The first-order valence-corrected chi connectivity index (χ1v) is 9.60. The number of nitrogens with one attached hydrogen (secondary N) is 2. The van der Waals surface area contributed by atoms with E-state index in [0.29, 0.717) is 16.9 Å². The lowest BCUT2D eigenvalue weighted by Gasteiger charge is -2.11. The molecule has 2 aromatic carbocycles. The fourth-order valence-electron chi connectivity index (χ4n) is 2.79. The van der Waals surface area contributed by atoms with Crippen LogP contribution in [0.25, 0.3) is 11.1 Å². The first kappa shape index (κ1) is 20.5. The summed E-state index contributed by atoms with van der Waals surface area (Å²) in [5.74, 6) is -0.181. The average molecular weight is 390 g/mol. The third-order valence-electron chi connectivity index (χ3n) is 4.46. The van der Waals surface area contributed by atoms with Crippen molar-refractivity contribution >= 4 is 17.3 Å². The number of aryl methyl sites for hydroxylation is 1. The van der Waals surface area contributed by atoms with Crippen LogP contribution in [-0.4, -0.2) is 37.2 Å². The summed E-state index contributed by atoms with van der Waals surface area (Å²) in [6.45, 7) is 5.82. The first-order valence-electron chi connectivity index (χ1n) is 9.60. The van der Waals surface area contributed by atoms with Crippen molar-refractivity contribution < 1.29 is 9.53 Å². The van der Waals surface area contributed by atoms with Gasteiger partial charge in [-0.2, -0.15) is 0 Å². The standard InChI is InChI=1S/C19H17N3O.C4H9NO/c1-13-4-6-14(7-5-13)19(23)22-18-11-15(8-9-17(18)20)16-3-2-10-21-12-16;1-3-6-4-2-5-1/h2-12H,20H2,1H3,(H,22,23);5H,1-4H2. The minimum atomic E-state index is -0.181. The SMILES string of the molecule is C1COCCN1.Cc1ccc(C(=O)Nc2cc(-c3cccnc3)ccc2N)cc1. The van der Waals surface area contributed by atoms with E-state index in [-0.39, 0.29) is 5.91 Å². The quantitative estimate of drug-likeness (QED) is 0.596. The number of nitrogens with two attached hydrogens (primary N) is 1. The minimum Gasteiger partial charge on any atom is -0.397 e. The summed E-state index contributed by atoms with van der Waals surface area (Å²) in [6, 6.07) is 16.8. The number of morpholine rings is 1. The zero-order valence-electron chi connectivity index (χ0n) is 16.5. The summed E-state index contributed by atoms with van der Waals surface area (Å²) in [5, 5.41) is 6.03. The number of rotatable bonds is 3. The Labute approximate surface area is 171 Å². The Balaban J connectivity index is 0.000000343. The van der Waals surface area contributed by atoms with Crippen molar-refractivity contribution in [2.45, 2.75) is 6.92 Å². The maximum absolute atomic E-state index is 12.3. The summed E-state index contributed by atoms with van der Waals surface area (Å²) in [7, 11) is 0. The van der Waals surface area contributed by atoms with Gasteiger partial charge in [0.2, 0.25) is 0 Å². The average Bonchev–Trinajstić information content (AvgIpc) is 2.78. The highest BCUT2D eigenvalue weighted by atomic mass is 16.5. The van der Waals surface area contributed by atoms with Gasteiger partial charge in [-0.3, -0.25) is 9.78 Å². The molecular formula is C23H26N4O2. The number of anilines is 2. The molecule has 0 saturated carbocycles. The van der Waals surface area contributed by atoms with Crippen LogP contribution in [0, 0.1) is 6.92 Å². The molecule has 0 radical (unpaired) electrons. The smallest absolute Gasteiger partial charge is 0.255 e. The van der Waals surface area contributed by atoms with Crippen molar-refractivity contribution in [3.8, 4) is 11.1 Å². The number of pyridine rings is 1. The van der Waals surface area contributed by atoms with Crippen LogP contribution in [0.5, 0.6) is 0 Å². The maximum atomic E-state index is 12.3. The number of ether oxygens (including phenoxy) is 1.